The minimum Gasteiger partial charge on any atom is -0.504 e. The summed E-state index contributed by atoms with van der Waals surface area (Å²) >= 11 is 0. The fraction of sp³-hybridized carbons (Fsp3) is 0.250. The first kappa shape index (κ1) is 22.6. The number of amides is 3. The van der Waals surface area contributed by atoms with Crippen LogP contribution in [0.3, 0.4) is 0 Å². The topological polar surface area (TPSA) is 137 Å². The van der Waals surface area contributed by atoms with Crippen LogP contribution < -0.4 is 20.1 Å². The van der Waals surface area contributed by atoms with Crippen molar-refractivity contribution in [2.24, 2.45) is 11.8 Å². The van der Waals surface area contributed by atoms with E-state index in [2.05, 4.69) is 10.6 Å². The van der Waals surface area contributed by atoms with E-state index in [0.717, 1.165) is 0 Å². The van der Waals surface area contributed by atoms with Crippen LogP contribution in [0.25, 0.3) is 0 Å². The number of phenols is 2. The van der Waals surface area contributed by atoms with Crippen LogP contribution in [0.15, 0.2) is 60.7 Å². The van der Waals surface area contributed by atoms with E-state index in [-0.39, 0.29) is 43.1 Å². The molecule has 4 N–H and O–H groups in total. The van der Waals surface area contributed by atoms with Gasteiger partial charge in [-0.05, 0) is 47.9 Å². The van der Waals surface area contributed by atoms with E-state index in [1.54, 1.807) is 48.5 Å². The Morgan fingerprint density at radius 3 is 2.53 bits per heavy atom. The molecule has 2 fully saturated rings. The highest BCUT2D eigenvalue weighted by Gasteiger charge is 2.70. The number of likely N-dealkylation sites (tertiary alicyclic amines) is 1. The van der Waals surface area contributed by atoms with Crippen molar-refractivity contribution in [1.29, 1.82) is 0 Å². The molecule has 4 heterocycles. The predicted molar refractivity (Wildman–Crippen MR) is 132 cm³/mol. The van der Waals surface area contributed by atoms with Crippen molar-refractivity contribution >= 4 is 23.4 Å². The Hall–Kier alpha value is -4.57. The molecule has 4 aliphatic heterocycles. The van der Waals surface area contributed by atoms with Gasteiger partial charge in [0, 0.05) is 17.3 Å². The molecule has 4 aliphatic rings. The number of hydrogen-bond donors (Lipinski definition) is 4. The molecule has 10 nitrogen and oxygen atoms in total. The molecule has 0 aromatic heterocycles. The molecule has 7 rings (SSSR count). The van der Waals surface area contributed by atoms with Crippen LogP contribution in [0.2, 0.25) is 0 Å². The summed E-state index contributed by atoms with van der Waals surface area (Å²) in [6.45, 7) is 0.148. The van der Waals surface area contributed by atoms with Gasteiger partial charge in [0.15, 0.2) is 23.0 Å². The maximum Gasteiger partial charge on any atom is 0.250 e. The second-order valence-electron chi connectivity index (χ2n) is 10.0. The number of ether oxygens (including phenoxy) is 2. The van der Waals surface area contributed by atoms with Crippen LogP contribution in [0, 0.1) is 11.8 Å². The molecule has 38 heavy (non-hydrogen) atoms. The number of carbonyl (C=O) groups is 3. The van der Waals surface area contributed by atoms with Crippen molar-refractivity contribution in [1.82, 2.24) is 10.2 Å². The predicted octanol–water partition coefficient (Wildman–Crippen LogP) is 1.99. The Kier molecular flexibility index (Phi) is 4.74. The van der Waals surface area contributed by atoms with Crippen LogP contribution in [-0.4, -0.2) is 45.7 Å². The lowest BCUT2D eigenvalue weighted by molar-refractivity contribution is -0.143. The Morgan fingerprint density at radius 1 is 0.895 bits per heavy atom. The van der Waals surface area contributed by atoms with Gasteiger partial charge in [0.2, 0.25) is 24.5 Å². The second kappa shape index (κ2) is 7.96. The molecule has 0 saturated carbocycles. The summed E-state index contributed by atoms with van der Waals surface area (Å²) in [6, 6.07) is 16.3. The molecule has 0 bridgehead atoms. The van der Waals surface area contributed by atoms with E-state index in [4.69, 9.17) is 9.47 Å². The van der Waals surface area contributed by atoms with Gasteiger partial charge in [0.25, 0.3) is 0 Å². The summed E-state index contributed by atoms with van der Waals surface area (Å²) in [5, 5.41) is 26.0. The van der Waals surface area contributed by atoms with Gasteiger partial charge in [-0.2, -0.15) is 0 Å². The van der Waals surface area contributed by atoms with Gasteiger partial charge in [-0.3, -0.25) is 24.6 Å². The molecule has 4 atom stereocenters. The molecular weight excluding hydrogens is 490 g/mol. The fourth-order valence-electron chi connectivity index (χ4n) is 6.32. The van der Waals surface area contributed by atoms with Crippen molar-refractivity contribution in [3.8, 4) is 23.0 Å². The zero-order valence-electron chi connectivity index (χ0n) is 20.0. The van der Waals surface area contributed by atoms with Crippen molar-refractivity contribution in [3.05, 3.63) is 77.4 Å². The van der Waals surface area contributed by atoms with E-state index in [9.17, 15) is 24.6 Å². The number of fused-ring (bicyclic) bond motifs is 5. The maximum absolute atomic E-state index is 14.0. The summed E-state index contributed by atoms with van der Waals surface area (Å²) in [4.78, 5) is 42.7. The monoisotopic (exact) mass is 513 g/mol. The summed E-state index contributed by atoms with van der Waals surface area (Å²) in [6.07, 6.45) is 0.253. The van der Waals surface area contributed by atoms with Gasteiger partial charge < -0.3 is 25.0 Å². The Labute approximate surface area is 216 Å². The van der Waals surface area contributed by atoms with Gasteiger partial charge in [-0.25, -0.2) is 0 Å². The van der Waals surface area contributed by atoms with Gasteiger partial charge in [-0.1, -0.05) is 30.3 Å². The number of rotatable bonds is 4. The quantitative estimate of drug-likeness (QED) is 0.307. The normalized spacial score (nSPS) is 26.7. The van der Waals surface area contributed by atoms with Crippen LogP contribution in [-0.2, 0) is 32.9 Å². The Morgan fingerprint density at radius 2 is 1.68 bits per heavy atom. The zero-order valence-corrected chi connectivity index (χ0v) is 20.0. The van der Waals surface area contributed by atoms with Crippen LogP contribution >= 0.6 is 0 Å². The number of hydrogen-bond acceptors (Lipinski definition) is 8. The van der Waals surface area contributed by atoms with E-state index in [1.807, 2.05) is 0 Å². The smallest absolute Gasteiger partial charge is 0.250 e. The zero-order chi connectivity index (χ0) is 26.2. The first-order valence-corrected chi connectivity index (χ1v) is 12.3. The first-order valence-electron chi connectivity index (χ1n) is 12.3. The highest BCUT2D eigenvalue weighted by atomic mass is 16.7. The van der Waals surface area contributed by atoms with Gasteiger partial charge in [0.1, 0.15) is 5.54 Å². The molecular formula is C28H23N3O7. The number of benzene rings is 3. The molecule has 3 amide bonds. The number of nitrogens with one attached hydrogen (secondary N) is 2. The lowest BCUT2D eigenvalue weighted by atomic mass is 9.76. The standard InChI is InChI=1S/C28H23N3O7/c32-19-7-5-14(10-20(19)33)9-18-23-24(28(30-18)16-3-1-2-4-17(16)29-27(28)36)26(35)31(25(23)34)12-15-6-8-21-22(11-15)38-13-37-21/h1-8,10-11,18,23-24,30,32-33H,9,12-13H2,(H,29,36)/t18-,23-,24-,28-/m1/s1. The molecule has 3 aromatic rings. The average molecular weight is 514 g/mol. The molecule has 3 aromatic carbocycles. The third-order valence-electron chi connectivity index (χ3n) is 7.99. The number of anilines is 1. The van der Waals surface area contributed by atoms with Gasteiger partial charge in [-0.15, -0.1) is 0 Å². The molecule has 0 unspecified atom stereocenters. The highest BCUT2D eigenvalue weighted by Crippen LogP contribution is 2.53. The van der Waals surface area contributed by atoms with E-state index in [1.165, 1.54) is 17.0 Å². The molecule has 0 radical (unpaired) electrons. The number of nitrogens with zero attached hydrogens (tertiary/aromatic N) is 1. The number of aromatic hydroxyl groups is 2. The van der Waals surface area contributed by atoms with Gasteiger partial charge >= 0.3 is 0 Å². The molecule has 192 valence electrons. The average Bonchev–Trinajstić information content (AvgIpc) is 3.63. The molecule has 2 saturated heterocycles. The largest absolute Gasteiger partial charge is 0.504 e. The molecule has 0 aliphatic carbocycles. The minimum atomic E-state index is -1.42. The number of para-hydroxylation sites is 1. The Balaban J connectivity index is 1.29. The third kappa shape index (κ3) is 3.07. The van der Waals surface area contributed by atoms with Crippen molar-refractivity contribution < 1.29 is 34.1 Å². The SMILES string of the molecule is O=C1[C@@H]2[C@@H](Cc3ccc(O)c(O)c3)N[C@@]3(C(=O)Nc4ccccc43)[C@H]2C(=O)N1Cc1ccc2c(c1)OCO2. The first-order chi connectivity index (χ1) is 18.4. The number of imide groups is 1. The Bertz CT molecular complexity index is 1540. The molecule has 1 spiro atoms. The summed E-state index contributed by atoms with van der Waals surface area (Å²) in [7, 11) is 0. The highest BCUT2D eigenvalue weighted by molar-refractivity contribution is 6.15. The summed E-state index contributed by atoms with van der Waals surface area (Å²) in [5.74, 6) is -2.33. The number of phenolic OH excluding ortho intramolecular Hbond substituents is 2. The molecule has 10 heteroatoms. The lowest BCUT2D eigenvalue weighted by Crippen LogP contribution is -2.53. The van der Waals surface area contributed by atoms with Crippen LogP contribution in [0.4, 0.5) is 5.69 Å². The van der Waals surface area contributed by atoms with Gasteiger partial charge in [0.05, 0.1) is 18.4 Å². The van der Waals surface area contributed by atoms with E-state index in [0.29, 0.717) is 33.9 Å². The van der Waals surface area contributed by atoms with E-state index >= 15 is 0 Å². The summed E-state index contributed by atoms with van der Waals surface area (Å²) < 4.78 is 10.8. The van der Waals surface area contributed by atoms with Crippen LogP contribution in [0.5, 0.6) is 23.0 Å². The van der Waals surface area contributed by atoms with Crippen molar-refractivity contribution in [3.63, 3.8) is 0 Å². The number of carbonyl (C=O) groups excluding carboxylic acids is 3. The van der Waals surface area contributed by atoms with Crippen LogP contribution in [0.1, 0.15) is 16.7 Å². The third-order valence-corrected chi connectivity index (χ3v) is 7.99. The summed E-state index contributed by atoms with van der Waals surface area (Å²) in [5.41, 5.74) is 1.16. The maximum atomic E-state index is 14.0. The fourth-order valence-corrected chi connectivity index (χ4v) is 6.32. The lowest BCUT2D eigenvalue weighted by Gasteiger charge is -2.29. The minimum absolute atomic E-state index is 0.0351. The van der Waals surface area contributed by atoms with E-state index < -0.39 is 29.3 Å². The van der Waals surface area contributed by atoms with Crippen molar-refractivity contribution in [2.45, 2.75) is 24.5 Å². The van der Waals surface area contributed by atoms with Crippen molar-refractivity contribution in [2.75, 3.05) is 12.1 Å². The second-order valence-corrected chi connectivity index (χ2v) is 10.0.